The van der Waals surface area contributed by atoms with E-state index in [9.17, 15) is 14.7 Å². The average Bonchev–Trinajstić information content (AvgIpc) is 2.50. The number of carboxylic acids is 1. The van der Waals surface area contributed by atoms with Gasteiger partial charge in [0.25, 0.3) is 0 Å². The zero-order valence-corrected chi connectivity index (χ0v) is 12.8. The summed E-state index contributed by atoms with van der Waals surface area (Å²) in [6.45, 7) is 2.90. The zero-order chi connectivity index (χ0) is 15.9. The molecule has 120 valence electrons. The first-order valence-electron chi connectivity index (χ1n) is 6.99. The van der Waals surface area contributed by atoms with Crippen molar-refractivity contribution in [1.29, 1.82) is 0 Å². The van der Waals surface area contributed by atoms with E-state index in [0.717, 1.165) is 0 Å². The Balaban J connectivity index is 1.87. The molecule has 0 bridgehead atoms. The van der Waals surface area contributed by atoms with Crippen molar-refractivity contribution in [3.8, 4) is 0 Å². The topological polar surface area (TPSA) is 91.8 Å². The van der Waals surface area contributed by atoms with Gasteiger partial charge in [0.15, 0.2) is 0 Å². The molecule has 1 atom stereocenters. The highest BCUT2D eigenvalue weighted by Crippen LogP contribution is 2.13. The van der Waals surface area contributed by atoms with Crippen molar-refractivity contribution in [2.45, 2.75) is 6.42 Å². The molecule has 0 radical (unpaired) electrons. The summed E-state index contributed by atoms with van der Waals surface area (Å²) >= 11 is 5.67. The number of pyridine rings is 1. The molecule has 0 spiro atoms. The van der Waals surface area contributed by atoms with E-state index in [0.29, 0.717) is 43.7 Å². The number of nitrogens with zero attached hydrogens (tertiary/aromatic N) is 2. The summed E-state index contributed by atoms with van der Waals surface area (Å²) in [6, 6.07) is 3.17. The van der Waals surface area contributed by atoms with Gasteiger partial charge in [-0.15, -0.1) is 0 Å². The summed E-state index contributed by atoms with van der Waals surface area (Å²) < 4.78 is 5.23. The van der Waals surface area contributed by atoms with Crippen molar-refractivity contribution in [3.63, 3.8) is 0 Å². The van der Waals surface area contributed by atoms with Gasteiger partial charge in [-0.1, -0.05) is 11.6 Å². The van der Waals surface area contributed by atoms with Gasteiger partial charge in [-0.25, -0.2) is 4.98 Å². The molecular weight excluding hydrogens is 310 g/mol. The molecular formula is C14H18ClN3O4. The van der Waals surface area contributed by atoms with Crippen LogP contribution in [-0.2, 0) is 14.3 Å². The van der Waals surface area contributed by atoms with Crippen molar-refractivity contribution >= 4 is 29.2 Å². The lowest BCUT2D eigenvalue weighted by Crippen LogP contribution is -2.41. The zero-order valence-electron chi connectivity index (χ0n) is 12.0. The van der Waals surface area contributed by atoms with Crippen molar-refractivity contribution in [2.24, 2.45) is 5.92 Å². The molecule has 0 aliphatic carbocycles. The normalized spacial score (nSPS) is 17.0. The highest BCUT2D eigenvalue weighted by atomic mass is 35.5. The van der Waals surface area contributed by atoms with Crippen LogP contribution >= 0.6 is 11.6 Å². The van der Waals surface area contributed by atoms with E-state index in [1.54, 1.807) is 12.1 Å². The number of amides is 1. The van der Waals surface area contributed by atoms with E-state index in [2.05, 4.69) is 10.3 Å². The van der Waals surface area contributed by atoms with Crippen LogP contribution in [-0.4, -0.2) is 59.7 Å². The van der Waals surface area contributed by atoms with Crippen molar-refractivity contribution in [1.82, 2.24) is 9.88 Å². The quantitative estimate of drug-likeness (QED) is 0.760. The van der Waals surface area contributed by atoms with Gasteiger partial charge in [-0.05, 0) is 12.1 Å². The molecule has 2 rings (SSSR count). The third-order valence-corrected chi connectivity index (χ3v) is 3.60. The average molecular weight is 328 g/mol. The standard InChI is InChI=1S/C14H18ClN3O4/c15-12-2-1-11(8-16-12)17-13(19)7-10(14(20)21)9-18-3-5-22-6-4-18/h1-2,8,10H,3-7,9H2,(H,17,19)(H,20,21)/t10-/m0/s1. The maximum atomic E-state index is 12.0. The van der Waals surface area contributed by atoms with Gasteiger partial charge in [-0.3, -0.25) is 14.5 Å². The highest BCUT2D eigenvalue weighted by Gasteiger charge is 2.25. The number of aromatic nitrogens is 1. The Kier molecular flexibility index (Phi) is 6.11. The summed E-state index contributed by atoms with van der Waals surface area (Å²) in [6.07, 6.45) is 1.34. The van der Waals surface area contributed by atoms with Crippen LogP contribution < -0.4 is 5.32 Å². The van der Waals surface area contributed by atoms with Gasteiger partial charge >= 0.3 is 5.97 Å². The highest BCUT2D eigenvalue weighted by molar-refractivity contribution is 6.29. The van der Waals surface area contributed by atoms with E-state index < -0.39 is 11.9 Å². The monoisotopic (exact) mass is 327 g/mol. The molecule has 1 aliphatic rings. The lowest BCUT2D eigenvalue weighted by Gasteiger charge is -2.28. The number of carbonyl (C=O) groups is 2. The number of hydrogen-bond acceptors (Lipinski definition) is 5. The number of aliphatic carboxylic acids is 1. The van der Waals surface area contributed by atoms with Crippen LogP contribution in [0.4, 0.5) is 5.69 Å². The molecule has 1 aromatic rings. The molecule has 2 heterocycles. The fraction of sp³-hybridized carbons (Fsp3) is 0.500. The number of ether oxygens (including phenoxy) is 1. The molecule has 2 N–H and O–H groups in total. The second-order valence-electron chi connectivity index (χ2n) is 5.07. The first-order valence-corrected chi connectivity index (χ1v) is 7.36. The van der Waals surface area contributed by atoms with E-state index in [4.69, 9.17) is 16.3 Å². The predicted octanol–water partition coefficient (Wildman–Crippen LogP) is 1.10. The van der Waals surface area contributed by atoms with Gasteiger partial charge in [0.05, 0.1) is 31.0 Å². The number of rotatable bonds is 6. The molecule has 8 heteroatoms. The lowest BCUT2D eigenvalue weighted by molar-refractivity contribution is -0.144. The maximum absolute atomic E-state index is 12.0. The summed E-state index contributed by atoms with van der Waals surface area (Å²) in [5.74, 6) is -2.08. The predicted molar refractivity (Wildman–Crippen MR) is 80.9 cm³/mol. The van der Waals surface area contributed by atoms with Gasteiger partial charge in [0.2, 0.25) is 5.91 Å². The third-order valence-electron chi connectivity index (χ3n) is 3.37. The van der Waals surface area contributed by atoms with Gasteiger partial charge in [-0.2, -0.15) is 0 Å². The molecule has 1 saturated heterocycles. The number of halogens is 1. The van der Waals surface area contributed by atoms with E-state index in [-0.39, 0.29) is 12.3 Å². The van der Waals surface area contributed by atoms with Crippen LogP contribution in [0.15, 0.2) is 18.3 Å². The Labute approximate surface area is 133 Å². The van der Waals surface area contributed by atoms with Crippen LogP contribution in [0.5, 0.6) is 0 Å². The van der Waals surface area contributed by atoms with Crippen molar-refractivity contribution in [3.05, 3.63) is 23.5 Å². The fourth-order valence-electron chi connectivity index (χ4n) is 2.21. The van der Waals surface area contributed by atoms with Gasteiger partial charge in [0, 0.05) is 26.1 Å². The number of anilines is 1. The molecule has 0 unspecified atom stereocenters. The summed E-state index contributed by atoms with van der Waals surface area (Å²) in [5, 5.41) is 12.2. The van der Waals surface area contributed by atoms with Crippen LogP contribution in [0, 0.1) is 5.92 Å². The lowest BCUT2D eigenvalue weighted by atomic mass is 10.0. The van der Waals surface area contributed by atoms with Crippen LogP contribution in [0.25, 0.3) is 0 Å². The first-order chi connectivity index (χ1) is 10.5. The smallest absolute Gasteiger partial charge is 0.308 e. The Morgan fingerprint density at radius 1 is 1.41 bits per heavy atom. The second-order valence-corrected chi connectivity index (χ2v) is 5.46. The molecule has 22 heavy (non-hydrogen) atoms. The summed E-state index contributed by atoms with van der Waals surface area (Å²) in [7, 11) is 0. The third kappa shape index (κ3) is 5.25. The minimum atomic E-state index is -0.976. The minimum absolute atomic E-state index is 0.0880. The minimum Gasteiger partial charge on any atom is -0.481 e. The molecule has 7 nitrogen and oxygen atoms in total. The number of morpholine rings is 1. The second kappa shape index (κ2) is 8.07. The van der Waals surface area contributed by atoms with Crippen molar-refractivity contribution in [2.75, 3.05) is 38.2 Å². The van der Waals surface area contributed by atoms with Crippen LogP contribution in [0.3, 0.4) is 0 Å². The van der Waals surface area contributed by atoms with Crippen molar-refractivity contribution < 1.29 is 19.4 Å². The number of carbonyl (C=O) groups excluding carboxylic acids is 1. The number of nitrogens with one attached hydrogen (secondary N) is 1. The molecule has 0 aromatic carbocycles. The summed E-state index contributed by atoms with van der Waals surface area (Å²) in [4.78, 5) is 29.2. The summed E-state index contributed by atoms with van der Waals surface area (Å²) in [5.41, 5.74) is 0.491. The largest absolute Gasteiger partial charge is 0.481 e. The molecule has 1 aliphatic heterocycles. The first kappa shape index (κ1) is 16.7. The van der Waals surface area contributed by atoms with Gasteiger partial charge < -0.3 is 15.2 Å². The Morgan fingerprint density at radius 2 is 2.14 bits per heavy atom. The fourth-order valence-corrected chi connectivity index (χ4v) is 2.32. The SMILES string of the molecule is O=C(C[C@@H](CN1CCOCC1)C(=O)O)Nc1ccc(Cl)nc1. The number of carboxylic acid groups (broad SMARTS) is 1. The van der Waals surface area contributed by atoms with Crippen LogP contribution in [0.1, 0.15) is 6.42 Å². The van der Waals surface area contributed by atoms with Crippen LogP contribution in [0.2, 0.25) is 5.15 Å². The van der Waals surface area contributed by atoms with E-state index in [1.165, 1.54) is 6.20 Å². The molecule has 1 fully saturated rings. The Bertz CT molecular complexity index is 517. The van der Waals surface area contributed by atoms with Gasteiger partial charge in [0.1, 0.15) is 5.15 Å². The maximum Gasteiger partial charge on any atom is 0.308 e. The Morgan fingerprint density at radius 3 is 2.73 bits per heavy atom. The molecule has 1 amide bonds. The van der Waals surface area contributed by atoms with E-state index >= 15 is 0 Å². The molecule has 1 aromatic heterocycles. The number of hydrogen-bond donors (Lipinski definition) is 2. The van der Waals surface area contributed by atoms with E-state index in [1.807, 2.05) is 4.90 Å². The Hall–Kier alpha value is -1.70. The molecule has 0 saturated carbocycles.